The van der Waals surface area contributed by atoms with Crippen molar-refractivity contribution in [3.63, 3.8) is 0 Å². The summed E-state index contributed by atoms with van der Waals surface area (Å²) in [6, 6.07) is 18.2. The lowest BCUT2D eigenvalue weighted by molar-refractivity contribution is 0.235. The maximum atomic E-state index is 10.1. The molecule has 1 atom stereocenters. The number of benzene rings is 2. The van der Waals surface area contributed by atoms with Gasteiger partial charge < -0.3 is 10.3 Å². The first-order chi connectivity index (χ1) is 8.33. The van der Waals surface area contributed by atoms with Gasteiger partial charge in [-0.2, -0.15) is 0 Å². The average Bonchev–Trinajstić information content (AvgIpc) is 2.42. The zero-order chi connectivity index (χ0) is 12.1. The van der Waals surface area contributed by atoms with E-state index in [0.717, 1.165) is 0 Å². The number of aliphatic hydroxyl groups is 1. The second-order valence-corrected chi connectivity index (χ2v) is 3.66. The molecule has 0 aromatic heterocycles. The molecule has 0 saturated heterocycles. The first-order valence-corrected chi connectivity index (χ1v) is 5.33. The van der Waals surface area contributed by atoms with Gasteiger partial charge in [0, 0.05) is 5.56 Å². The van der Waals surface area contributed by atoms with E-state index in [1.165, 1.54) is 0 Å². The first kappa shape index (κ1) is 11.4. The fraction of sp³-hybridized carbons (Fsp3) is 0.0714. The molecule has 0 fully saturated rings. The van der Waals surface area contributed by atoms with Gasteiger partial charge in [-0.15, -0.1) is 0 Å². The highest BCUT2D eigenvalue weighted by Gasteiger charge is 2.17. The van der Waals surface area contributed by atoms with Crippen molar-refractivity contribution in [1.29, 1.82) is 0 Å². The highest BCUT2D eigenvalue weighted by Crippen LogP contribution is 2.18. The fourth-order valence-corrected chi connectivity index (χ4v) is 1.67. The molecule has 86 valence electrons. The standard InChI is InChI=1S/C14H13NO2/c16-14(12-9-5-2-6-10-12)13(15-17)11-7-3-1-4-8-11/h1-10,14,16-17H/b15-13-. The van der Waals surface area contributed by atoms with E-state index in [2.05, 4.69) is 5.16 Å². The Morgan fingerprint density at radius 3 is 1.94 bits per heavy atom. The molecule has 0 heterocycles. The third-order valence-electron chi connectivity index (χ3n) is 2.55. The largest absolute Gasteiger partial charge is 0.411 e. The summed E-state index contributed by atoms with van der Waals surface area (Å²) in [5.41, 5.74) is 1.65. The van der Waals surface area contributed by atoms with Gasteiger partial charge in [0.2, 0.25) is 0 Å². The number of oxime groups is 1. The topological polar surface area (TPSA) is 52.8 Å². The van der Waals surface area contributed by atoms with Gasteiger partial charge in [0.25, 0.3) is 0 Å². The molecule has 1 unspecified atom stereocenters. The molecule has 0 amide bonds. The Morgan fingerprint density at radius 2 is 1.41 bits per heavy atom. The summed E-state index contributed by atoms with van der Waals surface area (Å²) in [6.07, 6.45) is -0.927. The van der Waals surface area contributed by atoms with Crippen LogP contribution in [0.15, 0.2) is 65.8 Å². The summed E-state index contributed by atoms with van der Waals surface area (Å²) < 4.78 is 0. The molecule has 2 rings (SSSR count). The molecular weight excluding hydrogens is 214 g/mol. The van der Waals surface area contributed by atoms with Crippen molar-refractivity contribution in [2.45, 2.75) is 6.10 Å². The van der Waals surface area contributed by atoms with Crippen LogP contribution in [0, 0.1) is 0 Å². The fourth-order valence-electron chi connectivity index (χ4n) is 1.67. The summed E-state index contributed by atoms with van der Waals surface area (Å²) in [5.74, 6) is 0. The Kier molecular flexibility index (Phi) is 3.52. The van der Waals surface area contributed by atoms with E-state index in [-0.39, 0.29) is 5.71 Å². The molecule has 2 aromatic rings. The molecule has 17 heavy (non-hydrogen) atoms. The van der Waals surface area contributed by atoms with Crippen molar-refractivity contribution >= 4 is 5.71 Å². The lowest BCUT2D eigenvalue weighted by Gasteiger charge is -2.12. The predicted molar refractivity (Wildman–Crippen MR) is 66.2 cm³/mol. The van der Waals surface area contributed by atoms with Crippen LogP contribution in [0.2, 0.25) is 0 Å². The lowest BCUT2D eigenvalue weighted by Crippen LogP contribution is -2.13. The minimum absolute atomic E-state index is 0.247. The molecule has 0 aliphatic rings. The molecule has 0 radical (unpaired) electrons. The van der Waals surface area contributed by atoms with Crippen LogP contribution in [0.25, 0.3) is 0 Å². The van der Waals surface area contributed by atoms with E-state index >= 15 is 0 Å². The Morgan fingerprint density at radius 1 is 0.882 bits per heavy atom. The summed E-state index contributed by atoms with van der Waals surface area (Å²) >= 11 is 0. The minimum Gasteiger partial charge on any atom is -0.411 e. The van der Waals surface area contributed by atoms with Gasteiger partial charge in [0.05, 0.1) is 0 Å². The third-order valence-corrected chi connectivity index (χ3v) is 2.55. The van der Waals surface area contributed by atoms with Crippen LogP contribution < -0.4 is 0 Å². The van der Waals surface area contributed by atoms with E-state index in [9.17, 15) is 5.11 Å². The summed E-state index contributed by atoms with van der Waals surface area (Å²) in [7, 11) is 0. The Hall–Kier alpha value is -2.13. The second kappa shape index (κ2) is 5.27. The number of aliphatic hydroxyl groups excluding tert-OH is 1. The Balaban J connectivity index is 2.33. The maximum Gasteiger partial charge on any atom is 0.125 e. The molecule has 0 saturated carbocycles. The van der Waals surface area contributed by atoms with Gasteiger partial charge in [-0.05, 0) is 5.56 Å². The van der Waals surface area contributed by atoms with Crippen LogP contribution in [0.4, 0.5) is 0 Å². The van der Waals surface area contributed by atoms with Crippen LogP contribution in [0.5, 0.6) is 0 Å². The van der Waals surface area contributed by atoms with E-state index in [0.29, 0.717) is 11.1 Å². The van der Waals surface area contributed by atoms with E-state index < -0.39 is 6.10 Å². The first-order valence-electron chi connectivity index (χ1n) is 5.33. The summed E-state index contributed by atoms with van der Waals surface area (Å²) in [6.45, 7) is 0. The van der Waals surface area contributed by atoms with Gasteiger partial charge in [-0.1, -0.05) is 65.8 Å². The van der Waals surface area contributed by atoms with Crippen LogP contribution in [0.1, 0.15) is 17.2 Å². The normalized spacial score (nSPS) is 13.4. The number of hydrogen-bond donors (Lipinski definition) is 2. The molecule has 3 heteroatoms. The molecule has 0 aliphatic heterocycles. The van der Waals surface area contributed by atoms with Crippen LogP contribution >= 0.6 is 0 Å². The van der Waals surface area contributed by atoms with Crippen molar-refractivity contribution in [2.24, 2.45) is 5.16 Å². The van der Waals surface area contributed by atoms with Crippen LogP contribution in [-0.2, 0) is 0 Å². The summed E-state index contributed by atoms with van der Waals surface area (Å²) in [5, 5.41) is 22.4. The highest BCUT2D eigenvalue weighted by molar-refractivity contribution is 6.03. The van der Waals surface area contributed by atoms with Gasteiger partial charge in [-0.3, -0.25) is 0 Å². The zero-order valence-electron chi connectivity index (χ0n) is 9.19. The van der Waals surface area contributed by atoms with Gasteiger partial charge in [0.1, 0.15) is 11.8 Å². The molecular formula is C14H13NO2. The Labute approximate surface area is 99.7 Å². The number of hydrogen-bond acceptors (Lipinski definition) is 3. The molecule has 2 aromatic carbocycles. The molecule has 0 bridgehead atoms. The third kappa shape index (κ3) is 2.52. The van der Waals surface area contributed by atoms with Gasteiger partial charge >= 0.3 is 0 Å². The quantitative estimate of drug-likeness (QED) is 0.481. The van der Waals surface area contributed by atoms with Gasteiger partial charge in [0.15, 0.2) is 0 Å². The highest BCUT2D eigenvalue weighted by atomic mass is 16.4. The van der Waals surface area contributed by atoms with Crippen molar-refractivity contribution in [3.8, 4) is 0 Å². The molecule has 3 nitrogen and oxygen atoms in total. The van der Waals surface area contributed by atoms with E-state index in [1.807, 2.05) is 36.4 Å². The molecule has 0 spiro atoms. The van der Waals surface area contributed by atoms with Crippen LogP contribution in [0.3, 0.4) is 0 Å². The minimum atomic E-state index is -0.927. The smallest absolute Gasteiger partial charge is 0.125 e. The lowest BCUT2D eigenvalue weighted by atomic mass is 9.99. The van der Waals surface area contributed by atoms with E-state index in [1.54, 1.807) is 24.3 Å². The number of rotatable bonds is 3. The summed E-state index contributed by atoms with van der Waals surface area (Å²) in [4.78, 5) is 0. The predicted octanol–water partition coefficient (Wildman–Crippen LogP) is 2.60. The second-order valence-electron chi connectivity index (χ2n) is 3.66. The van der Waals surface area contributed by atoms with Crippen molar-refractivity contribution in [1.82, 2.24) is 0 Å². The van der Waals surface area contributed by atoms with E-state index in [4.69, 9.17) is 5.21 Å². The van der Waals surface area contributed by atoms with Crippen molar-refractivity contribution in [2.75, 3.05) is 0 Å². The molecule has 2 N–H and O–H groups in total. The average molecular weight is 227 g/mol. The van der Waals surface area contributed by atoms with Crippen molar-refractivity contribution in [3.05, 3.63) is 71.8 Å². The monoisotopic (exact) mass is 227 g/mol. The zero-order valence-corrected chi connectivity index (χ0v) is 9.19. The molecule has 0 aliphatic carbocycles. The SMILES string of the molecule is O/N=C(/c1ccccc1)C(O)c1ccccc1. The van der Waals surface area contributed by atoms with Crippen molar-refractivity contribution < 1.29 is 10.3 Å². The Bertz CT molecular complexity index is 494. The van der Waals surface area contributed by atoms with Crippen LogP contribution in [-0.4, -0.2) is 16.0 Å². The maximum absolute atomic E-state index is 10.1. The van der Waals surface area contributed by atoms with Gasteiger partial charge in [-0.25, -0.2) is 0 Å². The number of nitrogens with zero attached hydrogens (tertiary/aromatic N) is 1.